The number of amides is 1. The number of methoxy groups -OCH3 is 1. The number of halogens is 1. The van der Waals surface area contributed by atoms with Crippen molar-refractivity contribution in [2.75, 3.05) is 7.11 Å². The summed E-state index contributed by atoms with van der Waals surface area (Å²) in [6, 6.07) is 5.74. The summed E-state index contributed by atoms with van der Waals surface area (Å²) >= 11 is 3.36. The molecule has 0 spiro atoms. The lowest BCUT2D eigenvalue weighted by molar-refractivity contribution is 0.0916. The number of carbonyl (C=O) groups is 1. The fraction of sp³-hybridized carbons (Fsp3) is 0.417. The Morgan fingerprint density at radius 2 is 2.19 bits per heavy atom. The van der Waals surface area contributed by atoms with E-state index in [-0.39, 0.29) is 5.91 Å². The van der Waals surface area contributed by atoms with Gasteiger partial charge in [0.15, 0.2) is 0 Å². The highest BCUT2D eigenvalue weighted by Gasteiger charge is 2.20. The highest BCUT2D eigenvalue weighted by molar-refractivity contribution is 9.10. The molecule has 1 fully saturated rings. The van der Waals surface area contributed by atoms with Crippen LogP contribution < -0.4 is 10.1 Å². The second-order valence-electron chi connectivity index (χ2n) is 3.98. The Bertz CT molecular complexity index is 402. The molecule has 0 aliphatic heterocycles. The molecule has 1 saturated carbocycles. The highest BCUT2D eigenvalue weighted by atomic mass is 79.9. The number of hydrogen-bond acceptors (Lipinski definition) is 2. The van der Waals surface area contributed by atoms with E-state index in [0.29, 0.717) is 17.4 Å². The van der Waals surface area contributed by atoms with Crippen molar-refractivity contribution in [3.63, 3.8) is 0 Å². The molecule has 16 heavy (non-hydrogen) atoms. The van der Waals surface area contributed by atoms with Gasteiger partial charge in [-0.15, -0.1) is 0 Å². The summed E-state index contributed by atoms with van der Waals surface area (Å²) in [5.74, 6) is 0.664. The smallest absolute Gasteiger partial charge is 0.251 e. The summed E-state index contributed by atoms with van der Waals surface area (Å²) < 4.78 is 5.97. The van der Waals surface area contributed by atoms with Gasteiger partial charge in [-0.3, -0.25) is 4.79 Å². The van der Waals surface area contributed by atoms with Crippen LogP contribution in [0, 0.1) is 0 Å². The first-order valence-electron chi connectivity index (χ1n) is 5.34. The topological polar surface area (TPSA) is 38.3 Å². The van der Waals surface area contributed by atoms with Gasteiger partial charge in [-0.2, -0.15) is 0 Å². The molecule has 1 aliphatic rings. The third kappa shape index (κ3) is 2.55. The highest BCUT2D eigenvalue weighted by Crippen LogP contribution is 2.23. The van der Waals surface area contributed by atoms with Crippen LogP contribution >= 0.6 is 15.9 Å². The lowest BCUT2D eigenvalue weighted by Gasteiger charge is -2.26. The number of rotatable bonds is 3. The Balaban J connectivity index is 2.11. The van der Waals surface area contributed by atoms with E-state index in [4.69, 9.17) is 4.74 Å². The zero-order valence-electron chi connectivity index (χ0n) is 9.13. The summed E-state index contributed by atoms with van der Waals surface area (Å²) in [6.45, 7) is 0. The molecule has 0 unspecified atom stereocenters. The van der Waals surface area contributed by atoms with Gasteiger partial charge in [0.25, 0.3) is 5.91 Å². The molecule has 1 aliphatic carbocycles. The molecule has 2 rings (SSSR count). The molecule has 1 aromatic rings. The van der Waals surface area contributed by atoms with Gasteiger partial charge in [0.05, 0.1) is 7.11 Å². The zero-order chi connectivity index (χ0) is 11.5. The molecule has 1 aromatic carbocycles. The summed E-state index contributed by atoms with van der Waals surface area (Å²) in [4.78, 5) is 11.9. The van der Waals surface area contributed by atoms with Crippen molar-refractivity contribution in [3.8, 4) is 5.75 Å². The van der Waals surface area contributed by atoms with Crippen LogP contribution in [-0.2, 0) is 0 Å². The Labute approximate surface area is 103 Å². The van der Waals surface area contributed by atoms with E-state index in [1.54, 1.807) is 19.2 Å². The average molecular weight is 284 g/mol. The van der Waals surface area contributed by atoms with Gasteiger partial charge in [0, 0.05) is 16.1 Å². The molecular formula is C12H14BrNO2. The maximum Gasteiger partial charge on any atom is 0.251 e. The van der Waals surface area contributed by atoms with E-state index in [1.165, 1.54) is 6.42 Å². The van der Waals surface area contributed by atoms with Gasteiger partial charge < -0.3 is 10.1 Å². The average Bonchev–Trinajstić information content (AvgIpc) is 2.22. The van der Waals surface area contributed by atoms with Crippen molar-refractivity contribution < 1.29 is 9.53 Å². The molecule has 0 aromatic heterocycles. The molecule has 0 bridgehead atoms. The maximum atomic E-state index is 11.9. The van der Waals surface area contributed by atoms with Gasteiger partial charge in [0.1, 0.15) is 5.75 Å². The molecule has 0 radical (unpaired) electrons. The van der Waals surface area contributed by atoms with Crippen molar-refractivity contribution in [2.45, 2.75) is 25.3 Å². The minimum atomic E-state index is -0.0238. The summed E-state index contributed by atoms with van der Waals surface area (Å²) in [5, 5.41) is 3.00. The first-order valence-corrected chi connectivity index (χ1v) is 6.14. The molecular weight excluding hydrogens is 270 g/mol. The third-order valence-electron chi connectivity index (χ3n) is 2.81. The summed E-state index contributed by atoms with van der Waals surface area (Å²) in [6.07, 6.45) is 3.40. The van der Waals surface area contributed by atoms with E-state index in [9.17, 15) is 4.79 Å². The third-order valence-corrected chi connectivity index (χ3v) is 3.27. The Hall–Kier alpha value is -1.03. The normalized spacial score (nSPS) is 15.4. The molecule has 4 heteroatoms. The van der Waals surface area contributed by atoms with Crippen LogP contribution in [0.2, 0.25) is 0 Å². The van der Waals surface area contributed by atoms with Crippen LogP contribution in [0.25, 0.3) is 0 Å². The van der Waals surface area contributed by atoms with Crippen LogP contribution in [0.3, 0.4) is 0 Å². The SMILES string of the molecule is COc1cc(Br)cc(C(=O)NC2CCC2)c1. The van der Waals surface area contributed by atoms with Gasteiger partial charge in [0.2, 0.25) is 0 Å². The number of ether oxygens (including phenoxy) is 1. The standard InChI is InChI=1S/C12H14BrNO2/c1-16-11-6-8(5-9(13)7-11)12(15)14-10-3-2-4-10/h5-7,10H,2-4H2,1H3,(H,14,15). The minimum absolute atomic E-state index is 0.0238. The van der Waals surface area contributed by atoms with Crippen molar-refractivity contribution in [1.29, 1.82) is 0 Å². The first-order chi connectivity index (χ1) is 7.69. The van der Waals surface area contributed by atoms with Gasteiger partial charge in [-0.25, -0.2) is 0 Å². The molecule has 86 valence electrons. The van der Waals surface area contributed by atoms with E-state index >= 15 is 0 Å². The largest absolute Gasteiger partial charge is 0.497 e. The fourth-order valence-electron chi connectivity index (χ4n) is 1.63. The minimum Gasteiger partial charge on any atom is -0.497 e. The van der Waals surface area contributed by atoms with Crippen LogP contribution in [0.15, 0.2) is 22.7 Å². The van der Waals surface area contributed by atoms with Crippen LogP contribution in [0.1, 0.15) is 29.6 Å². The Morgan fingerprint density at radius 1 is 1.44 bits per heavy atom. The van der Waals surface area contributed by atoms with E-state index in [0.717, 1.165) is 17.3 Å². The zero-order valence-corrected chi connectivity index (χ0v) is 10.7. The lowest BCUT2D eigenvalue weighted by Crippen LogP contribution is -2.39. The van der Waals surface area contributed by atoms with E-state index < -0.39 is 0 Å². The van der Waals surface area contributed by atoms with E-state index in [2.05, 4.69) is 21.2 Å². The van der Waals surface area contributed by atoms with Gasteiger partial charge >= 0.3 is 0 Å². The van der Waals surface area contributed by atoms with Crippen molar-refractivity contribution >= 4 is 21.8 Å². The number of nitrogens with one attached hydrogen (secondary N) is 1. The fourth-order valence-corrected chi connectivity index (χ4v) is 2.11. The van der Waals surface area contributed by atoms with E-state index in [1.807, 2.05) is 6.07 Å². The summed E-state index contributed by atoms with van der Waals surface area (Å²) in [5.41, 5.74) is 0.637. The van der Waals surface area contributed by atoms with Crippen molar-refractivity contribution in [2.24, 2.45) is 0 Å². The van der Waals surface area contributed by atoms with Crippen LogP contribution in [0.5, 0.6) is 5.75 Å². The van der Waals surface area contributed by atoms with Crippen LogP contribution in [0.4, 0.5) is 0 Å². The van der Waals surface area contributed by atoms with Gasteiger partial charge in [-0.1, -0.05) is 15.9 Å². The molecule has 1 amide bonds. The number of carbonyl (C=O) groups excluding carboxylic acids is 1. The Morgan fingerprint density at radius 3 is 2.75 bits per heavy atom. The molecule has 1 N–H and O–H groups in total. The van der Waals surface area contributed by atoms with Gasteiger partial charge in [-0.05, 0) is 37.5 Å². The summed E-state index contributed by atoms with van der Waals surface area (Å²) in [7, 11) is 1.59. The maximum absolute atomic E-state index is 11.9. The number of hydrogen-bond donors (Lipinski definition) is 1. The number of benzene rings is 1. The second kappa shape index (κ2) is 4.87. The van der Waals surface area contributed by atoms with Crippen LogP contribution in [-0.4, -0.2) is 19.1 Å². The molecule has 0 heterocycles. The quantitative estimate of drug-likeness (QED) is 0.926. The lowest BCUT2D eigenvalue weighted by atomic mass is 9.93. The van der Waals surface area contributed by atoms with Crippen molar-refractivity contribution in [3.05, 3.63) is 28.2 Å². The first kappa shape index (κ1) is 11.5. The molecule has 3 nitrogen and oxygen atoms in total. The predicted octanol–water partition coefficient (Wildman–Crippen LogP) is 2.74. The predicted molar refractivity (Wildman–Crippen MR) is 65.8 cm³/mol. The van der Waals surface area contributed by atoms with Crippen molar-refractivity contribution in [1.82, 2.24) is 5.32 Å². The second-order valence-corrected chi connectivity index (χ2v) is 4.90. The monoisotopic (exact) mass is 283 g/mol. The molecule has 0 saturated heterocycles. The molecule has 0 atom stereocenters. The Kier molecular flexibility index (Phi) is 3.49.